The van der Waals surface area contributed by atoms with Gasteiger partial charge < -0.3 is 5.32 Å². The van der Waals surface area contributed by atoms with Crippen LogP contribution in [0.25, 0.3) is 0 Å². The highest BCUT2D eigenvalue weighted by Crippen LogP contribution is 2.23. The summed E-state index contributed by atoms with van der Waals surface area (Å²) in [5, 5.41) is 2.86. The van der Waals surface area contributed by atoms with E-state index < -0.39 is 0 Å². The van der Waals surface area contributed by atoms with E-state index in [9.17, 15) is 4.79 Å². The zero-order chi connectivity index (χ0) is 13.8. The standard InChI is InChI=1S/C15H22ClNO/c1-11-7-5-6-8-13(11)14(18)17-10-12(16)9-15(2,3)4/h5-8,12H,9-10H2,1-4H3,(H,17,18). The maximum atomic E-state index is 12.0. The predicted molar refractivity (Wildman–Crippen MR) is 77.2 cm³/mol. The van der Waals surface area contributed by atoms with Gasteiger partial charge in [-0.15, -0.1) is 11.6 Å². The van der Waals surface area contributed by atoms with Crippen molar-refractivity contribution in [1.82, 2.24) is 5.32 Å². The van der Waals surface area contributed by atoms with Gasteiger partial charge in [0, 0.05) is 12.1 Å². The van der Waals surface area contributed by atoms with Gasteiger partial charge in [-0.2, -0.15) is 0 Å². The second kappa shape index (κ2) is 6.24. The largest absolute Gasteiger partial charge is 0.351 e. The molecule has 0 aromatic heterocycles. The van der Waals surface area contributed by atoms with Gasteiger partial charge in [0.1, 0.15) is 0 Å². The van der Waals surface area contributed by atoms with Crippen LogP contribution in [0.15, 0.2) is 24.3 Å². The van der Waals surface area contributed by atoms with E-state index in [2.05, 4.69) is 26.1 Å². The summed E-state index contributed by atoms with van der Waals surface area (Å²) in [7, 11) is 0. The lowest BCUT2D eigenvalue weighted by atomic mass is 9.90. The lowest BCUT2D eigenvalue weighted by Crippen LogP contribution is -2.32. The Bertz CT molecular complexity index is 409. The number of benzene rings is 1. The molecule has 0 aliphatic heterocycles. The fraction of sp³-hybridized carbons (Fsp3) is 0.533. The molecular formula is C15H22ClNO. The van der Waals surface area contributed by atoms with Crippen molar-refractivity contribution >= 4 is 17.5 Å². The van der Waals surface area contributed by atoms with E-state index in [0.29, 0.717) is 6.54 Å². The smallest absolute Gasteiger partial charge is 0.251 e. The first-order valence-corrected chi connectivity index (χ1v) is 6.71. The van der Waals surface area contributed by atoms with Crippen LogP contribution in [-0.4, -0.2) is 17.8 Å². The zero-order valence-electron chi connectivity index (χ0n) is 11.6. The summed E-state index contributed by atoms with van der Waals surface area (Å²) in [5.41, 5.74) is 1.88. The van der Waals surface area contributed by atoms with E-state index in [4.69, 9.17) is 11.6 Å². The van der Waals surface area contributed by atoms with Gasteiger partial charge in [-0.1, -0.05) is 39.0 Å². The molecule has 0 aliphatic carbocycles. The first-order chi connectivity index (χ1) is 8.29. The molecule has 100 valence electrons. The van der Waals surface area contributed by atoms with E-state index in [-0.39, 0.29) is 16.7 Å². The van der Waals surface area contributed by atoms with Crippen molar-refractivity contribution in [3.05, 3.63) is 35.4 Å². The highest BCUT2D eigenvalue weighted by Gasteiger charge is 2.17. The lowest BCUT2D eigenvalue weighted by Gasteiger charge is -2.22. The van der Waals surface area contributed by atoms with Crippen LogP contribution in [0.2, 0.25) is 0 Å². The normalized spacial score (nSPS) is 13.2. The van der Waals surface area contributed by atoms with Crippen LogP contribution in [-0.2, 0) is 0 Å². The molecular weight excluding hydrogens is 246 g/mol. The Morgan fingerprint density at radius 3 is 2.50 bits per heavy atom. The van der Waals surface area contributed by atoms with Crippen molar-refractivity contribution < 1.29 is 4.79 Å². The number of rotatable bonds is 4. The van der Waals surface area contributed by atoms with Crippen LogP contribution in [0.1, 0.15) is 43.1 Å². The number of hydrogen-bond acceptors (Lipinski definition) is 1. The zero-order valence-corrected chi connectivity index (χ0v) is 12.3. The van der Waals surface area contributed by atoms with Crippen molar-refractivity contribution in [1.29, 1.82) is 0 Å². The number of aryl methyl sites for hydroxylation is 1. The van der Waals surface area contributed by atoms with E-state index in [0.717, 1.165) is 17.5 Å². The molecule has 0 radical (unpaired) electrons. The Morgan fingerprint density at radius 2 is 1.94 bits per heavy atom. The summed E-state index contributed by atoms with van der Waals surface area (Å²) >= 11 is 6.22. The number of nitrogens with one attached hydrogen (secondary N) is 1. The van der Waals surface area contributed by atoms with E-state index in [1.165, 1.54) is 0 Å². The molecule has 0 saturated carbocycles. The van der Waals surface area contributed by atoms with Crippen LogP contribution >= 0.6 is 11.6 Å². The second-order valence-corrected chi connectivity index (χ2v) is 6.50. The van der Waals surface area contributed by atoms with Gasteiger partial charge in [0.05, 0.1) is 5.38 Å². The molecule has 1 aromatic carbocycles. The van der Waals surface area contributed by atoms with Gasteiger partial charge in [0.15, 0.2) is 0 Å². The number of carbonyl (C=O) groups excluding carboxylic acids is 1. The van der Waals surface area contributed by atoms with Crippen LogP contribution in [0.4, 0.5) is 0 Å². The summed E-state index contributed by atoms with van der Waals surface area (Å²) in [6, 6.07) is 7.56. The number of carbonyl (C=O) groups is 1. The second-order valence-electron chi connectivity index (χ2n) is 5.89. The Labute approximate surface area is 115 Å². The minimum Gasteiger partial charge on any atom is -0.351 e. The summed E-state index contributed by atoms with van der Waals surface area (Å²) < 4.78 is 0. The Morgan fingerprint density at radius 1 is 1.33 bits per heavy atom. The molecule has 0 fully saturated rings. The van der Waals surface area contributed by atoms with Crippen molar-refractivity contribution in [3.63, 3.8) is 0 Å². The lowest BCUT2D eigenvalue weighted by molar-refractivity contribution is 0.0951. The maximum Gasteiger partial charge on any atom is 0.251 e. The van der Waals surface area contributed by atoms with Crippen LogP contribution in [0.3, 0.4) is 0 Å². The highest BCUT2D eigenvalue weighted by atomic mass is 35.5. The first kappa shape index (κ1) is 15.0. The first-order valence-electron chi connectivity index (χ1n) is 6.27. The Hall–Kier alpha value is -1.02. The summed E-state index contributed by atoms with van der Waals surface area (Å²) in [4.78, 5) is 12.0. The highest BCUT2D eigenvalue weighted by molar-refractivity contribution is 6.21. The fourth-order valence-corrected chi connectivity index (χ4v) is 2.40. The van der Waals surface area contributed by atoms with Crippen molar-refractivity contribution in [2.75, 3.05) is 6.54 Å². The van der Waals surface area contributed by atoms with Crippen molar-refractivity contribution in [2.45, 2.75) is 39.5 Å². The monoisotopic (exact) mass is 267 g/mol. The third kappa shape index (κ3) is 5.09. The topological polar surface area (TPSA) is 29.1 Å². The number of hydrogen-bond donors (Lipinski definition) is 1. The third-order valence-electron chi connectivity index (χ3n) is 2.71. The third-order valence-corrected chi connectivity index (χ3v) is 3.02. The SMILES string of the molecule is Cc1ccccc1C(=O)NCC(Cl)CC(C)(C)C. The average molecular weight is 268 g/mol. The van der Waals surface area contributed by atoms with Crippen LogP contribution in [0, 0.1) is 12.3 Å². The number of amides is 1. The van der Waals surface area contributed by atoms with Crippen molar-refractivity contribution in [2.24, 2.45) is 5.41 Å². The van der Waals surface area contributed by atoms with Gasteiger partial charge in [-0.25, -0.2) is 0 Å². The molecule has 1 unspecified atom stereocenters. The molecule has 3 heteroatoms. The maximum absolute atomic E-state index is 12.0. The van der Waals surface area contributed by atoms with Crippen LogP contribution < -0.4 is 5.32 Å². The fourth-order valence-electron chi connectivity index (χ4n) is 1.86. The average Bonchev–Trinajstić information content (AvgIpc) is 2.24. The quantitative estimate of drug-likeness (QED) is 0.827. The van der Waals surface area contributed by atoms with Gasteiger partial charge in [-0.05, 0) is 30.4 Å². The molecule has 0 aliphatic rings. The molecule has 18 heavy (non-hydrogen) atoms. The molecule has 0 bridgehead atoms. The molecule has 1 amide bonds. The molecule has 1 atom stereocenters. The van der Waals surface area contributed by atoms with E-state index in [1.807, 2.05) is 31.2 Å². The van der Waals surface area contributed by atoms with Gasteiger partial charge in [0.25, 0.3) is 5.91 Å². The van der Waals surface area contributed by atoms with Crippen molar-refractivity contribution in [3.8, 4) is 0 Å². The molecule has 1 N–H and O–H groups in total. The van der Waals surface area contributed by atoms with E-state index >= 15 is 0 Å². The Balaban J connectivity index is 2.50. The van der Waals surface area contributed by atoms with Gasteiger partial charge in [-0.3, -0.25) is 4.79 Å². The van der Waals surface area contributed by atoms with Crippen LogP contribution in [0.5, 0.6) is 0 Å². The molecule has 0 saturated heterocycles. The minimum atomic E-state index is -0.0485. The molecule has 0 heterocycles. The number of alkyl halides is 1. The summed E-state index contributed by atoms with van der Waals surface area (Å²) in [6.07, 6.45) is 0.878. The molecule has 1 rings (SSSR count). The molecule has 0 spiro atoms. The summed E-state index contributed by atoms with van der Waals surface area (Å²) in [5.74, 6) is -0.0485. The minimum absolute atomic E-state index is 0.0297. The number of halogens is 1. The predicted octanol–water partition coefficient (Wildman–Crippen LogP) is 3.77. The van der Waals surface area contributed by atoms with Gasteiger partial charge >= 0.3 is 0 Å². The summed E-state index contributed by atoms with van der Waals surface area (Å²) in [6.45, 7) is 8.87. The molecule has 1 aromatic rings. The molecule has 2 nitrogen and oxygen atoms in total. The Kier molecular flexibility index (Phi) is 5.21. The van der Waals surface area contributed by atoms with E-state index in [1.54, 1.807) is 0 Å². The van der Waals surface area contributed by atoms with Gasteiger partial charge in [0.2, 0.25) is 0 Å².